The highest BCUT2D eigenvalue weighted by molar-refractivity contribution is 7.91. The summed E-state index contributed by atoms with van der Waals surface area (Å²) in [5.41, 5.74) is 2.34. The van der Waals surface area contributed by atoms with Gasteiger partial charge in [0.15, 0.2) is 0 Å². The van der Waals surface area contributed by atoms with E-state index in [9.17, 15) is 8.42 Å². The summed E-state index contributed by atoms with van der Waals surface area (Å²) in [6.07, 6.45) is 0. The highest BCUT2D eigenvalue weighted by Gasteiger charge is 2.27. The fraction of sp³-hybridized carbons (Fsp3) is 0. The Morgan fingerprint density at radius 2 is 0.744 bits per heavy atom. The van der Waals surface area contributed by atoms with E-state index >= 15 is 0 Å². The number of hydrogen-bond acceptors (Lipinski definition) is 4. The van der Waals surface area contributed by atoms with Crippen molar-refractivity contribution in [2.75, 3.05) is 0 Å². The van der Waals surface area contributed by atoms with Crippen molar-refractivity contribution in [3.05, 3.63) is 156 Å². The Morgan fingerprint density at radius 1 is 0.395 bits per heavy atom. The van der Waals surface area contributed by atoms with Crippen molar-refractivity contribution in [1.82, 2.24) is 0 Å². The molecule has 0 spiro atoms. The molecule has 0 saturated heterocycles. The zero-order chi connectivity index (χ0) is 29.8. The van der Waals surface area contributed by atoms with E-state index in [0.717, 1.165) is 0 Å². The van der Waals surface area contributed by atoms with Gasteiger partial charge in [-0.1, -0.05) is 120 Å². The maximum absolute atomic E-state index is 14.2. The fourth-order valence-corrected chi connectivity index (χ4v) is 7.27. The lowest BCUT2D eigenvalue weighted by Crippen LogP contribution is -2.05. The summed E-state index contributed by atoms with van der Waals surface area (Å²) >= 11 is 13.8. The predicted octanol–water partition coefficient (Wildman–Crippen LogP) is 10.7. The second kappa shape index (κ2) is 12.4. The van der Waals surface area contributed by atoms with E-state index in [0.29, 0.717) is 45.3 Å². The lowest BCUT2D eigenvalue weighted by Gasteiger charge is -2.17. The highest BCUT2D eigenvalue weighted by atomic mass is 35.5. The number of benzene rings is 6. The van der Waals surface area contributed by atoms with Gasteiger partial charge in [0.05, 0.1) is 19.8 Å². The molecule has 6 aromatic carbocycles. The van der Waals surface area contributed by atoms with Crippen molar-refractivity contribution >= 4 is 33.0 Å². The summed E-state index contributed by atoms with van der Waals surface area (Å²) in [5, 5.41) is 0.141. The van der Waals surface area contributed by atoms with Gasteiger partial charge in [-0.3, -0.25) is 0 Å². The minimum Gasteiger partial charge on any atom is -0.457 e. The molecule has 0 N–H and O–H groups in total. The van der Waals surface area contributed by atoms with E-state index in [-0.39, 0.29) is 19.8 Å². The monoisotopic (exact) mass is 622 g/mol. The molecule has 0 amide bonds. The first kappa shape index (κ1) is 28.6. The molecular formula is C36H24Cl2O4S. The maximum Gasteiger partial charge on any atom is 0.209 e. The summed E-state index contributed by atoms with van der Waals surface area (Å²) in [6, 6.07) is 43.2. The molecule has 7 heteroatoms. The lowest BCUT2D eigenvalue weighted by atomic mass is 10.0. The van der Waals surface area contributed by atoms with Crippen LogP contribution in [0.25, 0.3) is 22.3 Å². The van der Waals surface area contributed by atoms with E-state index in [1.807, 2.05) is 109 Å². The summed E-state index contributed by atoms with van der Waals surface area (Å²) in [4.78, 5) is -0.122. The van der Waals surface area contributed by atoms with Crippen molar-refractivity contribution in [2.45, 2.75) is 9.79 Å². The molecule has 0 aromatic heterocycles. The zero-order valence-electron chi connectivity index (χ0n) is 22.7. The molecule has 4 nitrogen and oxygen atoms in total. The van der Waals surface area contributed by atoms with Gasteiger partial charge < -0.3 is 9.47 Å². The van der Waals surface area contributed by atoms with Crippen LogP contribution < -0.4 is 9.47 Å². The Balaban J connectivity index is 1.41. The summed E-state index contributed by atoms with van der Waals surface area (Å²) < 4.78 is 40.6. The van der Waals surface area contributed by atoms with Crippen LogP contribution in [-0.2, 0) is 9.84 Å². The molecular weight excluding hydrogens is 599 g/mol. The molecule has 43 heavy (non-hydrogen) atoms. The predicted molar refractivity (Wildman–Crippen MR) is 172 cm³/mol. The molecule has 0 aliphatic heterocycles. The van der Waals surface area contributed by atoms with Gasteiger partial charge in [0, 0.05) is 22.3 Å². The normalized spacial score (nSPS) is 11.2. The topological polar surface area (TPSA) is 52.6 Å². The van der Waals surface area contributed by atoms with Crippen LogP contribution in [0.3, 0.4) is 0 Å². The van der Waals surface area contributed by atoms with E-state index in [2.05, 4.69) is 0 Å². The highest BCUT2D eigenvalue weighted by Crippen LogP contribution is 2.44. The van der Waals surface area contributed by atoms with Crippen LogP contribution in [0.2, 0.25) is 10.0 Å². The quantitative estimate of drug-likeness (QED) is 0.169. The number of rotatable bonds is 8. The standard InChI is InChI=1S/C36H24Cl2O4S/c37-35-29(27-17-7-9-21-31(27)41-25-13-3-1-4-14-25)19-11-23-33(35)43(39,40)34-24-12-20-30(36(34)38)28-18-8-10-22-32(28)42-26-15-5-2-6-16-26/h1-24H. The molecule has 6 rings (SSSR count). The average molecular weight is 624 g/mol. The second-order valence-corrected chi connectivity index (χ2v) is 12.2. The van der Waals surface area contributed by atoms with Gasteiger partial charge in [-0.05, 0) is 48.5 Å². The largest absolute Gasteiger partial charge is 0.457 e. The molecule has 0 aliphatic carbocycles. The third-order valence-electron chi connectivity index (χ3n) is 6.80. The molecule has 0 heterocycles. The van der Waals surface area contributed by atoms with Gasteiger partial charge in [-0.15, -0.1) is 0 Å². The molecule has 212 valence electrons. The number of sulfone groups is 1. The Labute approximate surface area is 260 Å². The van der Waals surface area contributed by atoms with Crippen molar-refractivity contribution in [1.29, 1.82) is 0 Å². The third kappa shape index (κ3) is 5.88. The van der Waals surface area contributed by atoms with Crippen LogP contribution in [-0.4, -0.2) is 8.42 Å². The van der Waals surface area contributed by atoms with Crippen molar-refractivity contribution < 1.29 is 17.9 Å². The van der Waals surface area contributed by atoms with Gasteiger partial charge in [0.1, 0.15) is 23.0 Å². The van der Waals surface area contributed by atoms with Gasteiger partial charge in [0.2, 0.25) is 9.84 Å². The van der Waals surface area contributed by atoms with Gasteiger partial charge >= 0.3 is 0 Å². The van der Waals surface area contributed by atoms with E-state index < -0.39 is 9.84 Å². The number of hydrogen-bond donors (Lipinski definition) is 0. The van der Waals surface area contributed by atoms with Gasteiger partial charge in [-0.25, -0.2) is 8.42 Å². The first-order valence-electron chi connectivity index (χ1n) is 13.4. The first-order valence-corrected chi connectivity index (χ1v) is 15.6. The molecule has 0 saturated carbocycles. The Hall–Kier alpha value is -4.55. The van der Waals surface area contributed by atoms with Crippen molar-refractivity contribution in [3.63, 3.8) is 0 Å². The van der Waals surface area contributed by atoms with Crippen LogP contribution in [0.15, 0.2) is 155 Å². The first-order chi connectivity index (χ1) is 20.9. The van der Waals surface area contributed by atoms with Crippen LogP contribution in [0.1, 0.15) is 0 Å². The molecule has 0 aliphatic rings. The average Bonchev–Trinajstić information content (AvgIpc) is 3.03. The smallest absolute Gasteiger partial charge is 0.209 e. The van der Waals surface area contributed by atoms with Crippen LogP contribution in [0.5, 0.6) is 23.0 Å². The van der Waals surface area contributed by atoms with E-state index in [1.165, 1.54) is 12.1 Å². The number of halogens is 2. The lowest BCUT2D eigenvalue weighted by molar-refractivity contribution is 0.484. The Kier molecular flexibility index (Phi) is 8.21. The summed E-state index contributed by atoms with van der Waals surface area (Å²) in [6.45, 7) is 0. The number of ether oxygens (including phenoxy) is 2. The molecule has 6 aromatic rings. The van der Waals surface area contributed by atoms with Crippen LogP contribution in [0, 0.1) is 0 Å². The molecule has 0 atom stereocenters. The Bertz CT molecular complexity index is 1870. The van der Waals surface area contributed by atoms with E-state index in [4.69, 9.17) is 32.7 Å². The van der Waals surface area contributed by atoms with Crippen molar-refractivity contribution in [2.24, 2.45) is 0 Å². The van der Waals surface area contributed by atoms with Gasteiger partial charge in [0.25, 0.3) is 0 Å². The van der Waals surface area contributed by atoms with Crippen molar-refractivity contribution in [3.8, 4) is 45.3 Å². The minimum absolute atomic E-state index is 0.0611. The second-order valence-electron chi connectivity index (χ2n) is 9.56. The number of para-hydroxylation sites is 4. The minimum atomic E-state index is -4.15. The Morgan fingerprint density at radius 3 is 1.16 bits per heavy atom. The molecule has 0 bridgehead atoms. The van der Waals surface area contributed by atoms with Crippen LogP contribution >= 0.6 is 23.2 Å². The van der Waals surface area contributed by atoms with Crippen LogP contribution in [0.4, 0.5) is 0 Å². The maximum atomic E-state index is 14.2. The summed E-state index contributed by atoms with van der Waals surface area (Å²) in [7, 11) is -4.15. The third-order valence-corrected chi connectivity index (χ3v) is 9.68. The summed E-state index contributed by atoms with van der Waals surface area (Å²) in [5.74, 6) is 2.38. The zero-order valence-corrected chi connectivity index (χ0v) is 25.0. The fourth-order valence-electron chi connectivity index (χ4n) is 4.76. The van der Waals surface area contributed by atoms with E-state index in [1.54, 1.807) is 24.3 Å². The SMILES string of the molecule is O=S(=O)(c1cccc(-c2ccccc2Oc2ccccc2)c1Cl)c1cccc(-c2ccccc2Oc2ccccc2)c1Cl. The molecule has 0 unspecified atom stereocenters. The van der Waals surface area contributed by atoms with Gasteiger partial charge in [-0.2, -0.15) is 0 Å². The molecule has 0 fully saturated rings. The molecule has 0 radical (unpaired) electrons.